The average molecular weight is 313 g/mol. The van der Waals surface area contributed by atoms with Gasteiger partial charge in [0.25, 0.3) is 5.91 Å². The van der Waals surface area contributed by atoms with Crippen molar-refractivity contribution >= 4 is 29.1 Å². The fourth-order valence-electron chi connectivity index (χ4n) is 1.81. The van der Waals surface area contributed by atoms with Crippen LogP contribution in [0, 0.1) is 0 Å². The maximum Gasteiger partial charge on any atom is 0.267 e. The number of carbonyl (C=O) groups excluding carboxylic acids is 1. The summed E-state index contributed by atoms with van der Waals surface area (Å²) in [5.74, 6) is -0.281. The normalized spacial score (nSPS) is 12.2. The van der Waals surface area contributed by atoms with Gasteiger partial charge in [-0.2, -0.15) is 0 Å². The van der Waals surface area contributed by atoms with Crippen LogP contribution in [0.2, 0.25) is 10.2 Å². The predicted molar refractivity (Wildman–Crippen MR) is 79.3 cm³/mol. The molecule has 2 aromatic rings. The maximum atomic E-state index is 11.9. The first kappa shape index (κ1) is 14.9. The number of ether oxygens (including phenoxy) is 1. The van der Waals surface area contributed by atoms with E-state index in [4.69, 9.17) is 27.9 Å². The molecule has 0 bridgehead atoms. The number of aromatic amines is 1. The number of H-pyrrole nitrogens is 1. The van der Waals surface area contributed by atoms with Gasteiger partial charge >= 0.3 is 0 Å². The van der Waals surface area contributed by atoms with Gasteiger partial charge in [-0.05, 0) is 11.6 Å². The molecule has 0 aliphatic rings. The van der Waals surface area contributed by atoms with Gasteiger partial charge in [0, 0.05) is 13.7 Å². The molecule has 2 N–H and O–H groups in total. The van der Waals surface area contributed by atoms with Gasteiger partial charge < -0.3 is 15.0 Å². The molecule has 106 valence electrons. The number of nitrogens with one attached hydrogen (secondary N) is 2. The van der Waals surface area contributed by atoms with Gasteiger partial charge in [-0.25, -0.2) is 0 Å². The molecule has 1 aromatic carbocycles. The van der Waals surface area contributed by atoms with Crippen LogP contribution in [-0.4, -0.2) is 24.5 Å². The Bertz CT molecular complexity index is 565. The van der Waals surface area contributed by atoms with E-state index in [0.717, 1.165) is 5.56 Å². The van der Waals surface area contributed by atoms with Crippen molar-refractivity contribution in [3.63, 3.8) is 0 Å². The quantitative estimate of drug-likeness (QED) is 0.888. The summed E-state index contributed by atoms with van der Waals surface area (Å²) in [5, 5.41) is 3.35. The molecule has 2 rings (SSSR count). The summed E-state index contributed by atoms with van der Waals surface area (Å²) in [5.41, 5.74) is 1.32. The Morgan fingerprint density at radius 2 is 2.05 bits per heavy atom. The summed E-state index contributed by atoms with van der Waals surface area (Å²) in [4.78, 5) is 14.7. The van der Waals surface area contributed by atoms with Gasteiger partial charge in [0.15, 0.2) is 0 Å². The molecule has 1 aromatic heterocycles. The Morgan fingerprint density at radius 3 is 2.60 bits per heavy atom. The maximum absolute atomic E-state index is 11.9. The lowest BCUT2D eigenvalue weighted by molar-refractivity contribution is 0.0824. The molecule has 1 unspecified atom stereocenters. The van der Waals surface area contributed by atoms with Crippen molar-refractivity contribution in [2.45, 2.75) is 6.10 Å². The Morgan fingerprint density at radius 1 is 1.35 bits per heavy atom. The molecular weight excluding hydrogens is 299 g/mol. The molecule has 0 radical (unpaired) electrons. The van der Waals surface area contributed by atoms with E-state index in [-0.39, 0.29) is 17.2 Å². The Kier molecular flexibility index (Phi) is 5.06. The van der Waals surface area contributed by atoms with E-state index < -0.39 is 0 Å². The fourth-order valence-corrected chi connectivity index (χ4v) is 2.12. The molecule has 20 heavy (non-hydrogen) atoms. The molecule has 1 amide bonds. The van der Waals surface area contributed by atoms with E-state index in [9.17, 15) is 4.79 Å². The standard InChI is InChI=1S/C14H14Cl2N2O2/c1-20-12(9-5-3-2-4-6-9)8-17-14(19)11-7-10(15)13(16)18-11/h2-7,12,18H,8H2,1H3,(H,17,19). The highest BCUT2D eigenvalue weighted by Gasteiger charge is 2.15. The van der Waals surface area contributed by atoms with E-state index >= 15 is 0 Å². The molecular formula is C14H14Cl2N2O2. The van der Waals surface area contributed by atoms with E-state index in [0.29, 0.717) is 17.3 Å². The van der Waals surface area contributed by atoms with Gasteiger partial charge in [0.05, 0.1) is 11.1 Å². The van der Waals surface area contributed by atoms with Crippen molar-refractivity contribution in [1.82, 2.24) is 10.3 Å². The number of aromatic nitrogens is 1. The lowest BCUT2D eigenvalue weighted by atomic mass is 10.1. The van der Waals surface area contributed by atoms with Crippen LogP contribution >= 0.6 is 23.2 Å². The van der Waals surface area contributed by atoms with Crippen LogP contribution in [0.4, 0.5) is 0 Å². The third-order valence-electron chi connectivity index (χ3n) is 2.87. The van der Waals surface area contributed by atoms with Crippen molar-refractivity contribution in [1.29, 1.82) is 0 Å². The van der Waals surface area contributed by atoms with Crippen molar-refractivity contribution in [2.24, 2.45) is 0 Å². The lowest BCUT2D eigenvalue weighted by Crippen LogP contribution is -2.29. The molecule has 4 nitrogen and oxygen atoms in total. The second-order valence-electron chi connectivity index (χ2n) is 4.19. The third kappa shape index (κ3) is 3.54. The van der Waals surface area contributed by atoms with Crippen molar-refractivity contribution in [3.8, 4) is 0 Å². The van der Waals surface area contributed by atoms with E-state index in [1.807, 2.05) is 30.3 Å². The van der Waals surface area contributed by atoms with Gasteiger partial charge in [-0.1, -0.05) is 53.5 Å². The molecule has 0 saturated carbocycles. The number of benzene rings is 1. The van der Waals surface area contributed by atoms with Crippen LogP contribution in [0.3, 0.4) is 0 Å². The molecule has 0 aliphatic heterocycles. The van der Waals surface area contributed by atoms with E-state index in [1.54, 1.807) is 7.11 Å². The topological polar surface area (TPSA) is 54.1 Å². The number of hydrogen-bond donors (Lipinski definition) is 2. The molecule has 1 atom stereocenters. The largest absolute Gasteiger partial charge is 0.375 e. The number of methoxy groups -OCH3 is 1. The van der Waals surface area contributed by atoms with Crippen LogP contribution in [0.25, 0.3) is 0 Å². The number of halogens is 2. The zero-order chi connectivity index (χ0) is 14.5. The number of rotatable bonds is 5. The summed E-state index contributed by atoms with van der Waals surface area (Å²) in [6.45, 7) is 0.355. The minimum atomic E-state index is -0.281. The van der Waals surface area contributed by atoms with Gasteiger partial charge in [-0.15, -0.1) is 0 Å². The summed E-state index contributed by atoms with van der Waals surface area (Å²) >= 11 is 11.6. The highest BCUT2D eigenvalue weighted by molar-refractivity contribution is 6.41. The number of carbonyl (C=O) groups is 1. The molecule has 0 aliphatic carbocycles. The minimum absolute atomic E-state index is 0.207. The highest BCUT2D eigenvalue weighted by atomic mass is 35.5. The minimum Gasteiger partial charge on any atom is -0.375 e. The SMILES string of the molecule is COC(CNC(=O)c1cc(Cl)c(Cl)[nH]1)c1ccccc1. The van der Waals surface area contributed by atoms with Gasteiger partial charge in [0.1, 0.15) is 10.8 Å². The summed E-state index contributed by atoms with van der Waals surface area (Å²) in [7, 11) is 1.60. The van der Waals surface area contributed by atoms with Crippen molar-refractivity contribution in [3.05, 3.63) is 57.8 Å². The van der Waals surface area contributed by atoms with Crippen molar-refractivity contribution < 1.29 is 9.53 Å². The predicted octanol–water partition coefficient (Wildman–Crippen LogP) is 3.44. The second-order valence-corrected chi connectivity index (χ2v) is 4.98. The van der Waals surface area contributed by atoms with Crippen LogP contribution < -0.4 is 5.32 Å². The van der Waals surface area contributed by atoms with E-state index in [1.165, 1.54) is 6.07 Å². The van der Waals surface area contributed by atoms with Crippen LogP contribution in [0.5, 0.6) is 0 Å². The molecule has 0 fully saturated rings. The Hall–Kier alpha value is -1.49. The molecule has 1 heterocycles. The number of hydrogen-bond acceptors (Lipinski definition) is 2. The summed E-state index contributed by atoms with van der Waals surface area (Å²) in [6, 6.07) is 11.2. The zero-order valence-corrected chi connectivity index (χ0v) is 12.3. The summed E-state index contributed by atoms with van der Waals surface area (Å²) in [6.07, 6.45) is -0.207. The van der Waals surface area contributed by atoms with Crippen LogP contribution in [0.1, 0.15) is 22.2 Å². The third-order valence-corrected chi connectivity index (χ3v) is 3.57. The van der Waals surface area contributed by atoms with Crippen LogP contribution in [0.15, 0.2) is 36.4 Å². The monoisotopic (exact) mass is 312 g/mol. The first-order valence-corrected chi connectivity index (χ1v) is 6.77. The lowest BCUT2D eigenvalue weighted by Gasteiger charge is -2.16. The number of amides is 1. The molecule has 0 saturated heterocycles. The van der Waals surface area contributed by atoms with Gasteiger partial charge in [0.2, 0.25) is 0 Å². The smallest absolute Gasteiger partial charge is 0.267 e. The molecule has 0 spiro atoms. The van der Waals surface area contributed by atoms with Crippen LogP contribution in [-0.2, 0) is 4.74 Å². The Balaban J connectivity index is 1.98. The van der Waals surface area contributed by atoms with Gasteiger partial charge in [-0.3, -0.25) is 4.79 Å². The van der Waals surface area contributed by atoms with E-state index in [2.05, 4.69) is 10.3 Å². The Labute approximate surface area is 127 Å². The van der Waals surface area contributed by atoms with Crippen molar-refractivity contribution in [2.75, 3.05) is 13.7 Å². The average Bonchev–Trinajstić information content (AvgIpc) is 2.80. The molecule has 6 heteroatoms. The second kappa shape index (κ2) is 6.79. The summed E-state index contributed by atoms with van der Waals surface area (Å²) < 4.78 is 5.37. The zero-order valence-electron chi connectivity index (χ0n) is 10.8. The fraction of sp³-hybridized carbons (Fsp3) is 0.214. The first-order valence-electron chi connectivity index (χ1n) is 6.01. The first-order chi connectivity index (χ1) is 9.61. The highest BCUT2D eigenvalue weighted by Crippen LogP contribution is 2.22.